The van der Waals surface area contributed by atoms with Crippen LogP contribution in [0.2, 0.25) is 0 Å². The van der Waals surface area contributed by atoms with E-state index < -0.39 is 64.8 Å². The van der Waals surface area contributed by atoms with Crippen molar-refractivity contribution >= 4 is 40.7 Å². The largest absolute Gasteiger partial charge is 0.452 e. The molecule has 4 amide bonds. The predicted octanol–water partition coefficient (Wildman–Crippen LogP) is 3.40. The molecule has 0 unspecified atom stereocenters. The fourth-order valence-corrected chi connectivity index (χ4v) is 5.79. The zero-order chi connectivity index (χ0) is 33.6. The predicted molar refractivity (Wildman–Crippen MR) is 160 cm³/mol. The quantitative estimate of drug-likeness (QED) is 0.207. The van der Waals surface area contributed by atoms with E-state index in [1.165, 1.54) is 0 Å². The molecule has 0 radical (unpaired) electrons. The second kappa shape index (κ2) is 14.6. The lowest BCUT2D eigenvalue weighted by Gasteiger charge is -2.27. The molecule has 0 spiro atoms. The number of benzene rings is 2. The molecule has 3 aromatic rings. The third kappa shape index (κ3) is 8.09. The number of fused-ring (bicyclic) bond motifs is 1. The van der Waals surface area contributed by atoms with E-state index in [2.05, 4.69) is 25.6 Å². The van der Waals surface area contributed by atoms with Crippen molar-refractivity contribution in [2.45, 2.75) is 70.1 Å². The molecule has 5 N–H and O–H groups in total. The van der Waals surface area contributed by atoms with Crippen LogP contribution >= 0.6 is 0 Å². The Morgan fingerprint density at radius 3 is 2.48 bits per heavy atom. The van der Waals surface area contributed by atoms with Crippen molar-refractivity contribution in [3.8, 4) is 0 Å². The highest BCUT2D eigenvalue weighted by atomic mass is 19.4. The summed E-state index contributed by atoms with van der Waals surface area (Å²) >= 11 is 0. The second-order valence-corrected chi connectivity index (χ2v) is 11.8. The van der Waals surface area contributed by atoms with Crippen LogP contribution in [0, 0.1) is 11.8 Å². The molecule has 14 heteroatoms. The first kappa shape index (κ1) is 34.1. The number of amides is 4. The number of hydrogen-bond acceptors (Lipinski definition) is 7. The van der Waals surface area contributed by atoms with E-state index in [-0.39, 0.29) is 31.1 Å². The molecule has 0 bridgehead atoms. The van der Waals surface area contributed by atoms with Crippen LogP contribution in [-0.4, -0.2) is 53.7 Å². The summed E-state index contributed by atoms with van der Waals surface area (Å²) in [4.78, 5) is 63.9. The molecule has 4 atom stereocenters. The number of nitrogens with zero attached hydrogens (tertiary/aromatic N) is 1. The third-order valence-corrected chi connectivity index (χ3v) is 7.96. The van der Waals surface area contributed by atoms with Gasteiger partial charge in [-0.1, -0.05) is 61.5 Å². The summed E-state index contributed by atoms with van der Waals surface area (Å²) in [5.41, 5.74) is 4.16. The molecular weight excluding hydrogens is 607 g/mol. The van der Waals surface area contributed by atoms with Gasteiger partial charge in [-0.2, -0.15) is 13.2 Å². The Bertz CT molecular complexity index is 1600. The van der Waals surface area contributed by atoms with Gasteiger partial charge in [-0.15, -0.1) is 0 Å². The number of alkyl halides is 3. The van der Waals surface area contributed by atoms with Crippen LogP contribution in [0.15, 0.2) is 47.0 Å². The maximum atomic E-state index is 14.2. The van der Waals surface area contributed by atoms with Crippen molar-refractivity contribution < 1.29 is 41.7 Å². The van der Waals surface area contributed by atoms with E-state index in [1.807, 2.05) is 0 Å². The number of nitrogens with one attached hydrogen (secondary N) is 3. The van der Waals surface area contributed by atoms with Crippen molar-refractivity contribution in [1.29, 1.82) is 0 Å². The SMILES string of the molecule is CC(C)C[C@H](NC(=O)[C@@H](Cc1cccc2ccccc12)c1c(C(N)=O)noc1C(F)(F)F)C(=O)N[C@H](C=O)C[C@@H]1CCCNC1=O. The zero-order valence-corrected chi connectivity index (χ0v) is 25.4. The fourth-order valence-electron chi connectivity index (χ4n) is 5.79. The summed E-state index contributed by atoms with van der Waals surface area (Å²) in [5, 5.41) is 12.5. The highest BCUT2D eigenvalue weighted by molar-refractivity contribution is 5.97. The Hall–Kier alpha value is -4.75. The van der Waals surface area contributed by atoms with Crippen molar-refractivity contribution in [1.82, 2.24) is 21.1 Å². The maximum absolute atomic E-state index is 14.2. The van der Waals surface area contributed by atoms with E-state index in [0.29, 0.717) is 30.2 Å². The number of carbonyl (C=O) groups is 5. The highest BCUT2D eigenvalue weighted by Crippen LogP contribution is 2.39. The summed E-state index contributed by atoms with van der Waals surface area (Å²) in [6, 6.07) is 9.86. The average Bonchev–Trinajstić information content (AvgIpc) is 3.46. The minimum Gasteiger partial charge on any atom is -0.364 e. The lowest BCUT2D eigenvalue weighted by Crippen LogP contribution is -2.52. The number of nitrogens with two attached hydrogens (primary N) is 1. The molecule has 0 saturated carbocycles. The van der Waals surface area contributed by atoms with Crippen LogP contribution < -0.4 is 21.7 Å². The molecule has 2 aromatic carbocycles. The molecule has 1 saturated heterocycles. The van der Waals surface area contributed by atoms with Crippen LogP contribution in [0.3, 0.4) is 0 Å². The van der Waals surface area contributed by atoms with Gasteiger partial charge in [-0.25, -0.2) is 0 Å². The molecule has 4 rings (SSSR count). The molecule has 1 fully saturated rings. The molecule has 11 nitrogen and oxygen atoms in total. The number of halogens is 3. The molecule has 1 aliphatic rings. The zero-order valence-electron chi connectivity index (χ0n) is 25.4. The molecule has 246 valence electrons. The number of primary amides is 1. The Morgan fingerprint density at radius 2 is 1.83 bits per heavy atom. The van der Waals surface area contributed by atoms with Gasteiger partial charge in [0.1, 0.15) is 12.3 Å². The van der Waals surface area contributed by atoms with Crippen molar-refractivity contribution in [3.05, 3.63) is 65.0 Å². The topological polar surface area (TPSA) is 173 Å². The minimum atomic E-state index is -5.13. The van der Waals surface area contributed by atoms with E-state index in [4.69, 9.17) is 5.73 Å². The van der Waals surface area contributed by atoms with Gasteiger partial charge >= 0.3 is 6.18 Å². The summed E-state index contributed by atoms with van der Waals surface area (Å²) in [6.45, 7) is 4.07. The summed E-state index contributed by atoms with van der Waals surface area (Å²) < 4.78 is 47.0. The van der Waals surface area contributed by atoms with E-state index in [1.54, 1.807) is 56.3 Å². The Morgan fingerprint density at radius 1 is 1.11 bits per heavy atom. The van der Waals surface area contributed by atoms with Crippen molar-refractivity contribution in [2.24, 2.45) is 17.6 Å². The van der Waals surface area contributed by atoms with E-state index in [9.17, 15) is 37.1 Å². The Kier molecular flexibility index (Phi) is 10.8. The number of carbonyl (C=O) groups excluding carboxylic acids is 5. The number of rotatable bonds is 13. The monoisotopic (exact) mass is 643 g/mol. The molecule has 1 aromatic heterocycles. The highest BCUT2D eigenvalue weighted by Gasteiger charge is 2.45. The molecule has 46 heavy (non-hydrogen) atoms. The first-order chi connectivity index (χ1) is 21.8. The van der Waals surface area contributed by atoms with Gasteiger partial charge in [0.05, 0.1) is 17.5 Å². The Labute approximate surface area is 262 Å². The van der Waals surface area contributed by atoms with Gasteiger partial charge in [-0.05, 0) is 54.4 Å². The standard InChI is InChI=1S/C32H36F3N5O6/c1-17(2)13-24(31(45)38-21(16-41)14-20-10-6-12-37-29(20)43)39-30(44)23(15-19-9-5-8-18-7-3-4-11-22(18)19)25-26(28(36)42)40-46-27(25)32(33,34)35/h3-5,7-9,11,16-17,20-21,23-24H,6,10,12-15H2,1-2H3,(H2,36,42)(H,37,43)(H,38,45)(H,39,44)/t20-,21-,23-,24-/m0/s1. The average molecular weight is 644 g/mol. The molecule has 2 heterocycles. The van der Waals surface area contributed by atoms with Gasteiger partial charge in [-0.3, -0.25) is 19.2 Å². The summed E-state index contributed by atoms with van der Waals surface area (Å²) in [5.74, 6) is -7.36. The first-order valence-corrected chi connectivity index (χ1v) is 15.0. The van der Waals surface area contributed by atoms with Crippen LogP contribution in [-0.2, 0) is 31.8 Å². The fraction of sp³-hybridized carbons (Fsp3) is 0.438. The maximum Gasteiger partial charge on any atom is 0.452 e. The van der Waals surface area contributed by atoms with Crippen molar-refractivity contribution in [3.63, 3.8) is 0 Å². The number of hydrogen-bond donors (Lipinski definition) is 4. The van der Waals surface area contributed by atoms with Crippen LogP contribution in [0.4, 0.5) is 13.2 Å². The normalized spacial score (nSPS) is 17.2. The van der Waals surface area contributed by atoms with Gasteiger partial charge in [0, 0.05) is 12.5 Å². The van der Waals surface area contributed by atoms with Crippen molar-refractivity contribution in [2.75, 3.05) is 6.54 Å². The van der Waals surface area contributed by atoms with Gasteiger partial charge < -0.3 is 31.0 Å². The lowest BCUT2D eigenvalue weighted by atomic mass is 9.86. The third-order valence-electron chi connectivity index (χ3n) is 7.96. The Balaban J connectivity index is 1.70. The van der Waals surface area contributed by atoms with Crippen LogP contribution in [0.5, 0.6) is 0 Å². The van der Waals surface area contributed by atoms with Gasteiger partial charge in [0.25, 0.3) is 5.91 Å². The number of aromatic nitrogens is 1. The second-order valence-electron chi connectivity index (χ2n) is 11.8. The van der Waals surface area contributed by atoms with Crippen LogP contribution in [0.1, 0.15) is 72.8 Å². The molecule has 1 aliphatic heterocycles. The van der Waals surface area contributed by atoms with Gasteiger partial charge in [0.15, 0.2) is 5.69 Å². The van der Waals surface area contributed by atoms with E-state index in [0.717, 1.165) is 11.8 Å². The van der Waals surface area contributed by atoms with E-state index >= 15 is 0 Å². The summed E-state index contributed by atoms with van der Waals surface area (Å²) in [6.07, 6.45) is -3.60. The smallest absolute Gasteiger partial charge is 0.364 e. The summed E-state index contributed by atoms with van der Waals surface area (Å²) in [7, 11) is 0. The molecule has 0 aliphatic carbocycles. The minimum absolute atomic E-state index is 0.0464. The number of aldehydes is 1. The first-order valence-electron chi connectivity index (χ1n) is 15.0. The van der Waals surface area contributed by atoms with Gasteiger partial charge in [0.2, 0.25) is 23.5 Å². The lowest BCUT2D eigenvalue weighted by molar-refractivity contribution is -0.156. The number of piperidine rings is 1. The molecular formula is C32H36F3N5O6. The van der Waals surface area contributed by atoms with Crippen LogP contribution in [0.25, 0.3) is 10.8 Å².